The van der Waals surface area contributed by atoms with Gasteiger partial charge in [0.25, 0.3) is 0 Å². The van der Waals surface area contributed by atoms with Crippen molar-refractivity contribution in [2.75, 3.05) is 0 Å². The maximum Gasteiger partial charge on any atom is 0.410 e. The van der Waals surface area contributed by atoms with E-state index in [-0.39, 0.29) is 6.08 Å². The van der Waals surface area contributed by atoms with Crippen LogP contribution < -0.4 is 0 Å². The van der Waals surface area contributed by atoms with Gasteiger partial charge in [0.1, 0.15) is 0 Å². The summed E-state index contributed by atoms with van der Waals surface area (Å²) in [5.41, 5.74) is 0.431. The van der Waals surface area contributed by atoms with E-state index in [4.69, 9.17) is 11.6 Å². The molecule has 0 aliphatic heterocycles. The number of hydrogen-bond acceptors (Lipinski definition) is 0. The Balaban J connectivity index is 0. The second kappa shape index (κ2) is 6.80. The Bertz CT molecular complexity index is 104. The predicted octanol–water partition coefficient (Wildman–Crippen LogP) is 3.93. The minimum atomic E-state index is -4.26. The summed E-state index contributed by atoms with van der Waals surface area (Å²) in [5.74, 6) is 0. The molecule has 5 heteroatoms. The molecule has 0 aromatic rings. The first-order valence-corrected chi connectivity index (χ1v) is 3.65. The van der Waals surface area contributed by atoms with E-state index >= 15 is 0 Å². The van der Waals surface area contributed by atoms with Crippen molar-refractivity contribution in [1.29, 1.82) is 0 Å². The van der Waals surface area contributed by atoms with Crippen LogP contribution in [0.4, 0.5) is 13.2 Å². The van der Waals surface area contributed by atoms with Crippen LogP contribution in [-0.2, 0) is 0 Å². The van der Waals surface area contributed by atoms with Crippen molar-refractivity contribution in [3.05, 3.63) is 11.6 Å². The van der Waals surface area contributed by atoms with Gasteiger partial charge in [0.2, 0.25) is 0 Å². The first-order chi connectivity index (χ1) is 4.79. The van der Waals surface area contributed by atoms with Crippen LogP contribution >= 0.6 is 23.2 Å². The van der Waals surface area contributed by atoms with E-state index in [0.29, 0.717) is 10.9 Å². The molecule has 11 heavy (non-hydrogen) atoms. The third-order valence-electron chi connectivity index (χ3n) is 0.252. The van der Waals surface area contributed by atoms with Crippen LogP contribution in [0.3, 0.4) is 0 Å². The molecule has 0 heterocycles. The van der Waals surface area contributed by atoms with E-state index in [1.54, 1.807) is 0 Å². The van der Waals surface area contributed by atoms with Gasteiger partial charge in [0.05, 0.1) is 0 Å². The van der Waals surface area contributed by atoms with Gasteiger partial charge in [0, 0.05) is 17.0 Å². The fraction of sp³-hybridized carbons (Fsp3) is 0.667. The molecule has 0 fully saturated rings. The molecule has 0 saturated carbocycles. The standard InChI is InChI=1S/C3H2ClF3.C3H7Cl/c4-2-1-3(5,6)7;1-3(2)4/h1-2H;3H,1-2H3. The van der Waals surface area contributed by atoms with Crippen LogP contribution in [0, 0.1) is 0 Å². The Labute approximate surface area is 74.0 Å². The summed E-state index contributed by atoms with van der Waals surface area (Å²) in [6, 6.07) is 0. The van der Waals surface area contributed by atoms with Crippen molar-refractivity contribution in [1.82, 2.24) is 0 Å². The highest BCUT2D eigenvalue weighted by molar-refractivity contribution is 6.25. The molecule has 0 bridgehead atoms. The highest BCUT2D eigenvalue weighted by atomic mass is 35.5. The lowest BCUT2D eigenvalue weighted by Gasteiger charge is -1.92. The van der Waals surface area contributed by atoms with E-state index in [2.05, 4.69) is 11.6 Å². The van der Waals surface area contributed by atoms with Gasteiger partial charge in [0.15, 0.2) is 0 Å². The molecule has 0 aliphatic rings. The average molecular weight is 209 g/mol. The van der Waals surface area contributed by atoms with Gasteiger partial charge in [-0.05, 0) is 13.8 Å². The first kappa shape index (κ1) is 13.7. The van der Waals surface area contributed by atoms with Crippen LogP contribution in [0.1, 0.15) is 13.8 Å². The fourth-order valence-electron chi connectivity index (χ4n) is 0.0714. The summed E-state index contributed by atoms with van der Waals surface area (Å²) in [5, 5.41) is 0.306. The number of rotatable bonds is 0. The molecule has 0 radical (unpaired) electrons. The molecule has 68 valence electrons. The zero-order chi connectivity index (χ0) is 9.49. The fourth-order valence-corrected chi connectivity index (χ4v) is 0.214. The first-order valence-electron chi connectivity index (χ1n) is 2.78. The number of halogens is 5. The summed E-state index contributed by atoms with van der Waals surface area (Å²) < 4.78 is 32.7. The number of alkyl halides is 4. The van der Waals surface area contributed by atoms with Gasteiger partial charge in [-0.1, -0.05) is 11.6 Å². The van der Waals surface area contributed by atoms with E-state index < -0.39 is 6.18 Å². The summed E-state index contributed by atoms with van der Waals surface area (Å²) in [7, 11) is 0. The van der Waals surface area contributed by atoms with Gasteiger partial charge < -0.3 is 0 Å². The Morgan fingerprint density at radius 3 is 1.55 bits per heavy atom. The molecular formula is C6H9Cl2F3. The summed E-state index contributed by atoms with van der Waals surface area (Å²) in [6.45, 7) is 3.86. The van der Waals surface area contributed by atoms with E-state index in [0.717, 1.165) is 0 Å². The monoisotopic (exact) mass is 208 g/mol. The third-order valence-corrected chi connectivity index (χ3v) is 0.378. The normalized spacial score (nSPS) is 11.6. The topological polar surface area (TPSA) is 0 Å². The largest absolute Gasteiger partial charge is 0.410 e. The molecule has 0 rings (SSSR count). The van der Waals surface area contributed by atoms with Crippen molar-refractivity contribution >= 4 is 23.2 Å². The highest BCUT2D eigenvalue weighted by Gasteiger charge is 2.21. The predicted molar refractivity (Wildman–Crippen MR) is 42.0 cm³/mol. The Morgan fingerprint density at radius 1 is 1.27 bits per heavy atom. The Hall–Kier alpha value is 0.110. The Kier molecular flexibility index (Phi) is 8.46. The maximum absolute atomic E-state index is 10.9. The van der Waals surface area contributed by atoms with Crippen LogP contribution in [0.2, 0.25) is 0 Å². The van der Waals surface area contributed by atoms with Gasteiger partial charge >= 0.3 is 6.18 Å². The molecule has 0 atom stereocenters. The lowest BCUT2D eigenvalue weighted by Crippen LogP contribution is -1.99. The second-order valence-corrected chi connectivity index (χ2v) is 2.97. The van der Waals surface area contributed by atoms with Crippen molar-refractivity contribution in [3.63, 3.8) is 0 Å². The van der Waals surface area contributed by atoms with E-state index in [9.17, 15) is 13.2 Å². The van der Waals surface area contributed by atoms with E-state index in [1.165, 1.54) is 0 Å². The lowest BCUT2D eigenvalue weighted by molar-refractivity contribution is -0.0796. The summed E-state index contributed by atoms with van der Waals surface area (Å²) >= 11 is 9.86. The van der Waals surface area contributed by atoms with Crippen molar-refractivity contribution in [2.45, 2.75) is 25.4 Å². The van der Waals surface area contributed by atoms with Gasteiger partial charge in [-0.25, -0.2) is 0 Å². The summed E-state index contributed by atoms with van der Waals surface area (Å²) in [4.78, 5) is 0. The molecule has 0 spiro atoms. The molecule has 0 nitrogen and oxygen atoms in total. The maximum atomic E-state index is 10.9. The van der Waals surface area contributed by atoms with Gasteiger partial charge in [-0.2, -0.15) is 13.2 Å². The van der Waals surface area contributed by atoms with Crippen molar-refractivity contribution in [3.8, 4) is 0 Å². The molecule has 0 N–H and O–H groups in total. The molecule has 0 saturated heterocycles. The van der Waals surface area contributed by atoms with E-state index in [1.807, 2.05) is 13.8 Å². The van der Waals surface area contributed by atoms with Crippen LogP contribution in [-0.4, -0.2) is 11.6 Å². The SMILES string of the molecule is CC(C)Cl.FC(F)(F)C=CCl. The molecular weight excluding hydrogens is 200 g/mol. The molecule has 0 amide bonds. The molecule has 0 aromatic carbocycles. The van der Waals surface area contributed by atoms with Crippen LogP contribution in [0.15, 0.2) is 11.6 Å². The van der Waals surface area contributed by atoms with Crippen LogP contribution in [0.5, 0.6) is 0 Å². The smallest absolute Gasteiger partial charge is 0.167 e. The Morgan fingerprint density at radius 2 is 1.55 bits per heavy atom. The molecule has 0 unspecified atom stereocenters. The highest BCUT2D eigenvalue weighted by Crippen LogP contribution is 2.15. The number of hydrogen-bond donors (Lipinski definition) is 0. The van der Waals surface area contributed by atoms with Crippen molar-refractivity contribution < 1.29 is 13.2 Å². The zero-order valence-electron chi connectivity index (χ0n) is 6.12. The molecule has 0 aliphatic carbocycles. The minimum Gasteiger partial charge on any atom is -0.167 e. The zero-order valence-corrected chi connectivity index (χ0v) is 7.63. The second-order valence-electron chi connectivity index (χ2n) is 1.85. The van der Waals surface area contributed by atoms with Crippen molar-refractivity contribution in [2.24, 2.45) is 0 Å². The third kappa shape index (κ3) is 39.4. The quantitative estimate of drug-likeness (QED) is 0.530. The average Bonchev–Trinajstić information content (AvgIpc) is 1.58. The number of allylic oxidation sites excluding steroid dienone is 1. The van der Waals surface area contributed by atoms with Crippen LogP contribution in [0.25, 0.3) is 0 Å². The van der Waals surface area contributed by atoms with Gasteiger partial charge in [-0.15, -0.1) is 11.6 Å². The minimum absolute atomic E-state index is 0.0471. The lowest BCUT2D eigenvalue weighted by atomic mass is 10.6. The van der Waals surface area contributed by atoms with Gasteiger partial charge in [-0.3, -0.25) is 0 Å². The molecule has 0 aromatic heterocycles. The summed E-state index contributed by atoms with van der Waals surface area (Å²) in [6.07, 6.45) is -4.31.